The molecule has 1 aliphatic heterocycles. The first-order chi connectivity index (χ1) is 14.2. The highest BCUT2D eigenvalue weighted by Crippen LogP contribution is 2.41. The smallest absolute Gasteiger partial charge is 0.126 e. The summed E-state index contributed by atoms with van der Waals surface area (Å²) in [5, 5.41) is 10.2. The van der Waals surface area contributed by atoms with Crippen LogP contribution in [-0.2, 0) is 6.42 Å². The monoisotopic (exact) mass is 416 g/mol. The van der Waals surface area contributed by atoms with Gasteiger partial charge in [0.25, 0.3) is 0 Å². The Labute approximate surface area is 186 Å². The molecule has 1 aliphatic rings. The van der Waals surface area contributed by atoms with Gasteiger partial charge in [0.1, 0.15) is 11.5 Å². The third-order valence-electron chi connectivity index (χ3n) is 7.40. The summed E-state index contributed by atoms with van der Waals surface area (Å²) in [5.41, 5.74) is 3.30. The van der Waals surface area contributed by atoms with Gasteiger partial charge in [0.2, 0.25) is 0 Å². The van der Waals surface area contributed by atoms with E-state index in [1.54, 1.807) is 0 Å². The molecule has 2 heteroatoms. The average Bonchev–Trinajstić information content (AvgIpc) is 2.67. The van der Waals surface area contributed by atoms with E-state index in [2.05, 4.69) is 34.6 Å². The number of hydrogen-bond acceptors (Lipinski definition) is 2. The van der Waals surface area contributed by atoms with Crippen molar-refractivity contribution in [3.05, 3.63) is 22.8 Å². The minimum atomic E-state index is 0.266. The number of aryl methyl sites for hydroxylation is 1. The largest absolute Gasteiger partial charge is 0.508 e. The molecule has 0 saturated heterocycles. The molecule has 0 radical (unpaired) electrons. The van der Waals surface area contributed by atoms with E-state index >= 15 is 0 Å². The topological polar surface area (TPSA) is 29.5 Å². The predicted octanol–water partition coefficient (Wildman–Crippen LogP) is 8.39. The van der Waals surface area contributed by atoms with Crippen LogP contribution >= 0.6 is 0 Å². The standard InChI is InChI=1S/C28H48O2/c1-19(2)11-8-12-20(3)13-9-14-21(4)15-10-16-25-18-26-23(6)27(29)17-22(5)28(26)30-24(25)7/h17,19-21,24-25,29H,8-16,18H2,1-7H3/t20-,21-,24+,25+/m1/s1. The molecule has 1 aromatic carbocycles. The highest BCUT2D eigenvalue weighted by molar-refractivity contribution is 5.53. The van der Waals surface area contributed by atoms with Gasteiger partial charge in [-0.1, -0.05) is 79.1 Å². The molecule has 0 spiro atoms. The van der Waals surface area contributed by atoms with Crippen LogP contribution in [0.15, 0.2) is 6.07 Å². The molecule has 0 fully saturated rings. The molecule has 0 aromatic heterocycles. The molecular formula is C28H48O2. The summed E-state index contributed by atoms with van der Waals surface area (Å²) in [6.07, 6.45) is 13.5. The van der Waals surface area contributed by atoms with Crippen molar-refractivity contribution in [3.8, 4) is 11.5 Å². The fourth-order valence-electron chi connectivity index (χ4n) is 5.11. The van der Waals surface area contributed by atoms with Crippen LogP contribution in [0.3, 0.4) is 0 Å². The number of phenols is 1. The van der Waals surface area contributed by atoms with Crippen LogP contribution in [-0.4, -0.2) is 11.2 Å². The molecule has 2 nitrogen and oxygen atoms in total. The van der Waals surface area contributed by atoms with Gasteiger partial charge in [-0.05, 0) is 74.5 Å². The van der Waals surface area contributed by atoms with E-state index < -0.39 is 0 Å². The zero-order valence-corrected chi connectivity index (χ0v) is 20.9. The van der Waals surface area contributed by atoms with Gasteiger partial charge < -0.3 is 9.84 Å². The van der Waals surface area contributed by atoms with E-state index in [1.165, 1.54) is 63.4 Å². The number of aromatic hydroxyl groups is 1. The van der Waals surface area contributed by atoms with Gasteiger partial charge in [0.05, 0.1) is 6.10 Å². The number of hydrogen-bond donors (Lipinski definition) is 1. The van der Waals surface area contributed by atoms with Gasteiger partial charge >= 0.3 is 0 Å². The first kappa shape index (κ1) is 25.1. The van der Waals surface area contributed by atoms with Crippen molar-refractivity contribution >= 4 is 0 Å². The van der Waals surface area contributed by atoms with Gasteiger partial charge in [0.15, 0.2) is 0 Å². The third kappa shape index (κ3) is 7.50. The summed E-state index contributed by atoms with van der Waals surface area (Å²) in [4.78, 5) is 0. The van der Waals surface area contributed by atoms with Crippen LogP contribution in [0.1, 0.15) is 109 Å². The molecule has 0 amide bonds. The fourth-order valence-corrected chi connectivity index (χ4v) is 5.11. The van der Waals surface area contributed by atoms with Gasteiger partial charge in [-0.3, -0.25) is 0 Å². The SMILES string of the molecule is Cc1cc(O)c(C)c2c1O[C@@H](C)[C@@H](CCC[C@H](C)CCC[C@H](C)CCCC(C)C)C2. The molecule has 1 aromatic rings. The summed E-state index contributed by atoms with van der Waals surface area (Å²) in [7, 11) is 0. The second-order valence-electron chi connectivity index (χ2n) is 10.8. The van der Waals surface area contributed by atoms with E-state index in [0.717, 1.165) is 41.1 Å². The molecule has 30 heavy (non-hydrogen) atoms. The Morgan fingerprint density at radius 3 is 2.10 bits per heavy atom. The van der Waals surface area contributed by atoms with Crippen molar-refractivity contribution in [2.24, 2.45) is 23.7 Å². The van der Waals surface area contributed by atoms with Crippen LogP contribution in [0.25, 0.3) is 0 Å². The third-order valence-corrected chi connectivity index (χ3v) is 7.40. The van der Waals surface area contributed by atoms with Crippen LogP contribution < -0.4 is 4.74 Å². The Hall–Kier alpha value is -1.18. The average molecular weight is 417 g/mol. The lowest BCUT2D eigenvalue weighted by Gasteiger charge is -2.34. The summed E-state index contributed by atoms with van der Waals surface area (Å²) in [5.74, 6) is 4.56. The minimum absolute atomic E-state index is 0.266. The number of ether oxygens (including phenoxy) is 1. The maximum absolute atomic E-state index is 10.2. The summed E-state index contributed by atoms with van der Waals surface area (Å²) >= 11 is 0. The molecular weight excluding hydrogens is 368 g/mol. The summed E-state index contributed by atoms with van der Waals surface area (Å²) < 4.78 is 6.30. The lowest BCUT2D eigenvalue weighted by atomic mass is 9.83. The molecule has 0 saturated carbocycles. The van der Waals surface area contributed by atoms with E-state index in [4.69, 9.17) is 4.74 Å². The molecule has 1 N–H and O–H groups in total. The van der Waals surface area contributed by atoms with Crippen LogP contribution in [0, 0.1) is 37.5 Å². The van der Waals surface area contributed by atoms with Crippen molar-refractivity contribution in [2.45, 2.75) is 119 Å². The van der Waals surface area contributed by atoms with Gasteiger partial charge in [-0.2, -0.15) is 0 Å². The van der Waals surface area contributed by atoms with Crippen molar-refractivity contribution < 1.29 is 9.84 Å². The van der Waals surface area contributed by atoms with Crippen molar-refractivity contribution in [1.29, 1.82) is 0 Å². The second-order valence-corrected chi connectivity index (χ2v) is 10.8. The van der Waals surface area contributed by atoms with E-state index in [0.29, 0.717) is 11.7 Å². The maximum atomic E-state index is 10.2. The quantitative estimate of drug-likeness (QED) is 0.370. The van der Waals surface area contributed by atoms with Gasteiger partial charge in [0, 0.05) is 5.56 Å². The van der Waals surface area contributed by atoms with Crippen molar-refractivity contribution in [2.75, 3.05) is 0 Å². The van der Waals surface area contributed by atoms with Crippen LogP contribution in [0.5, 0.6) is 11.5 Å². The van der Waals surface area contributed by atoms with E-state index in [1.807, 2.05) is 19.9 Å². The van der Waals surface area contributed by atoms with Crippen molar-refractivity contribution in [1.82, 2.24) is 0 Å². The highest BCUT2D eigenvalue weighted by Gasteiger charge is 2.29. The molecule has 1 heterocycles. The van der Waals surface area contributed by atoms with Crippen LogP contribution in [0.2, 0.25) is 0 Å². The zero-order valence-electron chi connectivity index (χ0n) is 20.9. The maximum Gasteiger partial charge on any atom is 0.126 e. The summed E-state index contributed by atoms with van der Waals surface area (Å²) in [6, 6.07) is 1.84. The summed E-state index contributed by atoms with van der Waals surface area (Å²) in [6.45, 7) is 15.8. The Morgan fingerprint density at radius 1 is 0.933 bits per heavy atom. The van der Waals surface area contributed by atoms with Crippen LogP contribution in [0.4, 0.5) is 0 Å². The number of rotatable bonds is 12. The Bertz CT molecular complexity index is 649. The Morgan fingerprint density at radius 2 is 1.50 bits per heavy atom. The molecule has 0 aliphatic carbocycles. The lowest BCUT2D eigenvalue weighted by Crippen LogP contribution is -2.31. The number of fused-ring (bicyclic) bond motifs is 1. The van der Waals surface area contributed by atoms with Gasteiger partial charge in [-0.25, -0.2) is 0 Å². The molecule has 2 rings (SSSR count). The predicted molar refractivity (Wildman–Crippen MR) is 130 cm³/mol. The first-order valence-corrected chi connectivity index (χ1v) is 12.7. The molecule has 0 bridgehead atoms. The lowest BCUT2D eigenvalue weighted by molar-refractivity contribution is 0.119. The first-order valence-electron chi connectivity index (χ1n) is 12.7. The molecule has 0 unspecified atom stereocenters. The Kier molecular flexibility index (Phi) is 10.0. The number of benzene rings is 1. The molecule has 172 valence electrons. The van der Waals surface area contributed by atoms with E-state index in [-0.39, 0.29) is 6.10 Å². The van der Waals surface area contributed by atoms with E-state index in [9.17, 15) is 5.11 Å². The molecule has 4 atom stereocenters. The zero-order chi connectivity index (χ0) is 22.3. The minimum Gasteiger partial charge on any atom is -0.508 e. The Balaban J connectivity index is 1.69. The van der Waals surface area contributed by atoms with Gasteiger partial charge in [-0.15, -0.1) is 0 Å². The number of phenolic OH excluding ortho intramolecular Hbond substituents is 1. The second kappa shape index (κ2) is 12.0. The highest BCUT2D eigenvalue weighted by atomic mass is 16.5. The fraction of sp³-hybridized carbons (Fsp3) is 0.786. The van der Waals surface area contributed by atoms with Crippen molar-refractivity contribution in [3.63, 3.8) is 0 Å². The normalized spacial score (nSPS) is 20.7.